The molecule has 14 heteroatoms. The molecule has 0 saturated carbocycles. The largest absolute Gasteiger partial charge is 0.481 e. The van der Waals surface area contributed by atoms with Crippen LogP contribution in [0.15, 0.2) is 0 Å². The van der Waals surface area contributed by atoms with E-state index in [1.54, 1.807) is 0 Å². The van der Waals surface area contributed by atoms with Gasteiger partial charge in [-0.3, -0.25) is 24.0 Å². The number of nitrogens with one attached hydrogen (secondary N) is 3. The van der Waals surface area contributed by atoms with Crippen LogP contribution < -0.4 is 33.2 Å². The van der Waals surface area contributed by atoms with E-state index in [0.29, 0.717) is 19.4 Å². The molecular weight excluding hydrogens is 428 g/mol. The maximum Gasteiger partial charge on any atom is 0.326 e. The van der Waals surface area contributed by atoms with Crippen LogP contribution in [0.5, 0.6) is 0 Å². The number of hydrogen-bond donors (Lipinski definition) is 8. The van der Waals surface area contributed by atoms with Gasteiger partial charge in [0.15, 0.2) is 0 Å². The van der Waals surface area contributed by atoms with Gasteiger partial charge in [-0.25, -0.2) is 4.79 Å². The Morgan fingerprint density at radius 2 is 1.25 bits per heavy atom. The lowest BCUT2D eigenvalue weighted by Gasteiger charge is -2.24. The van der Waals surface area contributed by atoms with Crippen LogP contribution in [0.4, 0.5) is 0 Å². The van der Waals surface area contributed by atoms with Crippen molar-refractivity contribution in [2.45, 2.75) is 63.1 Å². The maximum atomic E-state index is 12.6. The van der Waals surface area contributed by atoms with Crippen molar-refractivity contribution >= 4 is 35.6 Å². The van der Waals surface area contributed by atoms with Crippen molar-refractivity contribution in [3.05, 3.63) is 0 Å². The van der Waals surface area contributed by atoms with E-state index < -0.39 is 66.7 Å². The van der Waals surface area contributed by atoms with E-state index >= 15 is 0 Å². The standard InChI is InChI=1S/C18H32N6O8/c19-8-2-1-3-12(18(31)32)24-17(30)11(5-7-15(27)28)23-16(29)10(4-6-13(21)25)22-14(26)9-20/h10-12H,1-9,19-20H2,(H2,21,25)(H,22,26)(H,23,29)(H,24,30)(H,27,28)(H,31,32). The summed E-state index contributed by atoms with van der Waals surface area (Å²) in [6.07, 6.45) is -0.207. The molecule has 0 rings (SSSR count). The lowest BCUT2D eigenvalue weighted by molar-refractivity contribution is -0.143. The third kappa shape index (κ3) is 12.4. The summed E-state index contributed by atoms with van der Waals surface area (Å²) < 4.78 is 0. The number of carbonyl (C=O) groups is 6. The first-order valence-corrected chi connectivity index (χ1v) is 10.0. The Hall–Kier alpha value is -3.26. The second-order valence-corrected chi connectivity index (χ2v) is 7.01. The third-order valence-electron chi connectivity index (χ3n) is 4.36. The van der Waals surface area contributed by atoms with Crippen molar-refractivity contribution in [2.24, 2.45) is 17.2 Å². The Kier molecular flexibility index (Phi) is 13.9. The van der Waals surface area contributed by atoms with Gasteiger partial charge >= 0.3 is 11.9 Å². The molecule has 0 radical (unpaired) electrons. The predicted molar refractivity (Wildman–Crippen MR) is 111 cm³/mol. The Bertz CT molecular complexity index is 686. The molecule has 4 amide bonds. The molecule has 0 aromatic heterocycles. The molecular formula is C18H32N6O8. The average molecular weight is 460 g/mol. The number of rotatable bonds is 17. The number of nitrogens with two attached hydrogens (primary N) is 3. The molecule has 0 aromatic carbocycles. The summed E-state index contributed by atoms with van der Waals surface area (Å²) in [5.41, 5.74) is 15.7. The quantitative estimate of drug-likeness (QED) is 0.100. The van der Waals surface area contributed by atoms with Crippen LogP contribution in [-0.2, 0) is 28.8 Å². The molecule has 3 unspecified atom stereocenters. The van der Waals surface area contributed by atoms with Gasteiger partial charge < -0.3 is 43.4 Å². The molecule has 11 N–H and O–H groups in total. The van der Waals surface area contributed by atoms with E-state index in [-0.39, 0.29) is 25.7 Å². The lowest BCUT2D eigenvalue weighted by atomic mass is 10.1. The summed E-state index contributed by atoms with van der Waals surface area (Å²) in [6, 6.07) is -3.93. The van der Waals surface area contributed by atoms with Gasteiger partial charge in [0.25, 0.3) is 0 Å². The van der Waals surface area contributed by atoms with Crippen molar-refractivity contribution in [1.82, 2.24) is 16.0 Å². The fourth-order valence-electron chi connectivity index (χ4n) is 2.64. The first-order valence-electron chi connectivity index (χ1n) is 10.0. The molecule has 0 heterocycles. The highest BCUT2D eigenvalue weighted by Gasteiger charge is 2.29. The Balaban J connectivity index is 5.40. The van der Waals surface area contributed by atoms with Crippen LogP contribution in [0.25, 0.3) is 0 Å². The summed E-state index contributed by atoms with van der Waals surface area (Å²) in [7, 11) is 0. The average Bonchev–Trinajstić information content (AvgIpc) is 2.72. The highest BCUT2D eigenvalue weighted by Crippen LogP contribution is 2.06. The monoisotopic (exact) mass is 460 g/mol. The number of unbranched alkanes of at least 4 members (excludes halogenated alkanes) is 1. The van der Waals surface area contributed by atoms with Crippen LogP contribution in [0.2, 0.25) is 0 Å². The molecule has 32 heavy (non-hydrogen) atoms. The fourth-order valence-corrected chi connectivity index (χ4v) is 2.64. The van der Waals surface area contributed by atoms with Gasteiger partial charge in [-0.15, -0.1) is 0 Å². The predicted octanol–water partition coefficient (Wildman–Crippen LogP) is -3.26. The third-order valence-corrected chi connectivity index (χ3v) is 4.36. The van der Waals surface area contributed by atoms with E-state index in [1.165, 1.54) is 0 Å². The van der Waals surface area contributed by atoms with Gasteiger partial charge in [0, 0.05) is 12.8 Å². The summed E-state index contributed by atoms with van der Waals surface area (Å²) in [4.78, 5) is 70.2. The smallest absolute Gasteiger partial charge is 0.326 e. The van der Waals surface area contributed by atoms with Gasteiger partial charge in [-0.05, 0) is 38.6 Å². The van der Waals surface area contributed by atoms with Crippen LogP contribution in [0, 0.1) is 0 Å². The highest BCUT2D eigenvalue weighted by molar-refractivity contribution is 5.94. The van der Waals surface area contributed by atoms with Crippen LogP contribution >= 0.6 is 0 Å². The van der Waals surface area contributed by atoms with E-state index in [4.69, 9.17) is 22.3 Å². The Labute approximate surface area is 184 Å². The minimum atomic E-state index is -1.40. The molecule has 0 saturated heterocycles. The molecule has 0 spiro atoms. The van der Waals surface area contributed by atoms with E-state index in [2.05, 4.69) is 16.0 Å². The summed E-state index contributed by atoms with van der Waals surface area (Å²) in [6.45, 7) is -0.0921. The zero-order chi connectivity index (χ0) is 24.7. The van der Waals surface area contributed by atoms with Gasteiger partial charge in [0.05, 0.1) is 6.54 Å². The van der Waals surface area contributed by atoms with Crippen LogP contribution in [0.1, 0.15) is 44.9 Å². The van der Waals surface area contributed by atoms with Crippen molar-refractivity contribution in [3.63, 3.8) is 0 Å². The molecule has 0 aliphatic rings. The normalized spacial score (nSPS) is 13.3. The zero-order valence-corrected chi connectivity index (χ0v) is 17.7. The maximum absolute atomic E-state index is 12.6. The van der Waals surface area contributed by atoms with Crippen molar-refractivity contribution < 1.29 is 39.0 Å². The highest BCUT2D eigenvalue weighted by atomic mass is 16.4. The molecule has 0 fully saturated rings. The molecule has 182 valence electrons. The van der Waals surface area contributed by atoms with Gasteiger partial charge in [0.1, 0.15) is 18.1 Å². The molecule has 0 aliphatic heterocycles. The van der Waals surface area contributed by atoms with E-state index in [0.717, 1.165) is 0 Å². The minimum absolute atomic E-state index is 0.0890. The summed E-state index contributed by atoms with van der Waals surface area (Å²) >= 11 is 0. The number of hydrogen-bond acceptors (Lipinski definition) is 8. The Morgan fingerprint density at radius 3 is 1.72 bits per heavy atom. The molecule has 0 aliphatic carbocycles. The van der Waals surface area contributed by atoms with Crippen molar-refractivity contribution in [2.75, 3.05) is 13.1 Å². The molecule has 14 nitrogen and oxygen atoms in total. The van der Waals surface area contributed by atoms with Gasteiger partial charge in [-0.2, -0.15) is 0 Å². The molecule has 0 aromatic rings. The van der Waals surface area contributed by atoms with Crippen molar-refractivity contribution in [1.29, 1.82) is 0 Å². The summed E-state index contributed by atoms with van der Waals surface area (Å²) in [5.74, 6) is -5.75. The number of carbonyl (C=O) groups excluding carboxylic acids is 4. The number of aliphatic carboxylic acids is 2. The zero-order valence-electron chi connectivity index (χ0n) is 17.7. The van der Waals surface area contributed by atoms with Crippen molar-refractivity contribution in [3.8, 4) is 0 Å². The summed E-state index contributed by atoms with van der Waals surface area (Å²) in [5, 5.41) is 25.1. The molecule has 0 bridgehead atoms. The van der Waals surface area contributed by atoms with E-state index in [1.807, 2.05) is 0 Å². The van der Waals surface area contributed by atoms with Gasteiger partial charge in [0.2, 0.25) is 23.6 Å². The number of amides is 4. The first kappa shape index (κ1) is 28.7. The number of primary amides is 1. The Morgan fingerprint density at radius 1 is 0.719 bits per heavy atom. The SMILES string of the molecule is NCCCCC(NC(=O)C(CCC(=O)O)NC(=O)C(CCC(N)=O)NC(=O)CN)C(=O)O. The lowest BCUT2D eigenvalue weighted by Crippen LogP contribution is -2.56. The van der Waals surface area contributed by atoms with Crippen LogP contribution in [0.3, 0.4) is 0 Å². The minimum Gasteiger partial charge on any atom is -0.481 e. The molecule has 3 atom stereocenters. The fraction of sp³-hybridized carbons (Fsp3) is 0.667. The second-order valence-electron chi connectivity index (χ2n) is 7.01. The number of carboxylic acid groups (broad SMARTS) is 2. The van der Waals surface area contributed by atoms with Crippen LogP contribution in [-0.4, -0.2) is 77.0 Å². The van der Waals surface area contributed by atoms with Gasteiger partial charge in [-0.1, -0.05) is 0 Å². The van der Waals surface area contributed by atoms with E-state index in [9.17, 15) is 33.9 Å². The number of carboxylic acids is 2. The first-order chi connectivity index (χ1) is 15.0. The second kappa shape index (κ2) is 15.5. The topological polar surface area (TPSA) is 257 Å².